The van der Waals surface area contributed by atoms with Gasteiger partial charge in [-0.15, -0.1) is 0 Å². The number of likely N-dealkylation sites (tertiary alicyclic amines) is 1. The number of nitrogens with zero attached hydrogens (tertiary/aromatic N) is 4. The van der Waals surface area contributed by atoms with Crippen LogP contribution in [0, 0.1) is 0 Å². The van der Waals surface area contributed by atoms with Gasteiger partial charge in [0.15, 0.2) is 5.82 Å². The van der Waals surface area contributed by atoms with Crippen molar-refractivity contribution in [1.82, 2.24) is 24.8 Å². The lowest BCUT2D eigenvalue weighted by molar-refractivity contribution is -0.0170. The predicted octanol–water partition coefficient (Wildman–Crippen LogP) is 3.92. The molecule has 9 nitrogen and oxygen atoms in total. The molecule has 1 aliphatic carbocycles. The smallest absolute Gasteiger partial charge is 0.410 e. The molecule has 9 heteroatoms. The highest BCUT2D eigenvalue weighted by molar-refractivity contribution is 6.01. The van der Waals surface area contributed by atoms with E-state index in [-0.39, 0.29) is 12.0 Å². The van der Waals surface area contributed by atoms with E-state index < -0.39 is 11.1 Å². The third-order valence-corrected chi connectivity index (χ3v) is 7.52. The van der Waals surface area contributed by atoms with E-state index in [9.17, 15) is 9.59 Å². The number of benzene rings is 1. The maximum Gasteiger partial charge on any atom is 0.410 e. The van der Waals surface area contributed by atoms with Gasteiger partial charge in [-0.2, -0.15) is 0 Å². The Morgan fingerprint density at radius 1 is 1.16 bits per heavy atom. The van der Waals surface area contributed by atoms with E-state index in [4.69, 9.17) is 14.5 Å². The minimum Gasteiger partial charge on any atom is -0.494 e. The number of ether oxygens (including phenoxy) is 2. The Bertz CT molecular complexity index is 1450. The van der Waals surface area contributed by atoms with Gasteiger partial charge in [-0.1, -0.05) is 0 Å². The first-order valence-electron chi connectivity index (χ1n) is 13.2. The zero-order chi connectivity index (χ0) is 26.8. The largest absolute Gasteiger partial charge is 0.494 e. The molecule has 0 unspecified atom stereocenters. The number of carbonyl (C=O) groups excluding carboxylic acids is 2. The number of amides is 2. The van der Waals surface area contributed by atoms with E-state index in [0.29, 0.717) is 31.9 Å². The van der Waals surface area contributed by atoms with Crippen molar-refractivity contribution in [3.8, 4) is 28.5 Å². The molecule has 0 atom stereocenters. The van der Waals surface area contributed by atoms with Crippen LogP contribution < -0.4 is 10.1 Å². The Morgan fingerprint density at radius 3 is 2.58 bits per heavy atom. The van der Waals surface area contributed by atoms with Crippen LogP contribution in [0.15, 0.2) is 30.5 Å². The Kier molecular flexibility index (Phi) is 5.52. The number of fused-ring (bicyclic) bond motifs is 5. The number of nitrogens with one attached hydrogen (secondary N) is 1. The van der Waals surface area contributed by atoms with Crippen molar-refractivity contribution in [1.29, 1.82) is 0 Å². The zero-order valence-electron chi connectivity index (χ0n) is 22.6. The molecule has 38 heavy (non-hydrogen) atoms. The molecule has 0 saturated carbocycles. The maximum absolute atomic E-state index is 13.5. The lowest BCUT2D eigenvalue weighted by atomic mass is 9.80. The Balaban J connectivity index is 1.31. The average molecular weight is 516 g/mol. The van der Waals surface area contributed by atoms with Crippen molar-refractivity contribution in [2.45, 2.75) is 58.1 Å². The van der Waals surface area contributed by atoms with Gasteiger partial charge >= 0.3 is 6.09 Å². The molecule has 0 bridgehead atoms. The van der Waals surface area contributed by atoms with Gasteiger partial charge < -0.3 is 24.3 Å². The summed E-state index contributed by atoms with van der Waals surface area (Å²) in [6, 6.07) is 7.79. The monoisotopic (exact) mass is 515 g/mol. The van der Waals surface area contributed by atoms with Crippen LogP contribution >= 0.6 is 0 Å². The summed E-state index contributed by atoms with van der Waals surface area (Å²) in [6.07, 6.45) is 3.77. The minimum absolute atomic E-state index is 0.0730. The second kappa shape index (κ2) is 8.58. The molecule has 4 heterocycles. The van der Waals surface area contributed by atoms with Crippen LogP contribution in [0.5, 0.6) is 5.75 Å². The molecule has 1 saturated heterocycles. The highest BCUT2D eigenvalue weighted by Crippen LogP contribution is 2.42. The van der Waals surface area contributed by atoms with Gasteiger partial charge in [-0.25, -0.2) is 14.8 Å². The molecule has 198 valence electrons. The summed E-state index contributed by atoms with van der Waals surface area (Å²) in [7, 11) is 2.02. The van der Waals surface area contributed by atoms with Crippen LogP contribution in [0.2, 0.25) is 0 Å². The number of aryl methyl sites for hydroxylation is 1. The standard InChI is InChI=1S/C29H33N5O4/c1-6-37-19-10-7-17(8-11-19)25-30-14-18-9-12-20-22-21(33(5)24(20)23(18)31-25)13-29(32-26(22)35)15-34(16-29)27(36)38-28(2,3)4/h7-8,10-11,14H,6,9,12-13,15-16H2,1-5H3,(H,32,35). The summed E-state index contributed by atoms with van der Waals surface area (Å²) in [5.74, 6) is 1.38. The first-order chi connectivity index (χ1) is 18.1. The van der Waals surface area contributed by atoms with Gasteiger partial charge in [0, 0.05) is 44.0 Å². The Labute approximate surface area is 222 Å². The minimum atomic E-state index is -0.556. The molecule has 2 aromatic heterocycles. The maximum atomic E-state index is 13.5. The number of hydrogen-bond acceptors (Lipinski definition) is 6. The van der Waals surface area contributed by atoms with Crippen LogP contribution in [-0.2, 0) is 31.0 Å². The van der Waals surface area contributed by atoms with Crippen molar-refractivity contribution in [3.05, 3.63) is 52.8 Å². The molecule has 0 radical (unpaired) electrons. The fourth-order valence-corrected chi connectivity index (χ4v) is 5.88. The molecule has 3 aromatic rings. The SMILES string of the molecule is CCOc1ccc(-c2ncc3c(n2)-c2c(c4c(n2C)CC2(CN(C(=O)OC(C)(C)C)C2)NC4=O)CC3)cc1. The van der Waals surface area contributed by atoms with Crippen LogP contribution in [0.4, 0.5) is 4.79 Å². The van der Waals surface area contributed by atoms with E-state index in [1.165, 1.54) is 0 Å². The van der Waals surface area contributed by atoms with Gasteiger partial charge in [-0.05, 0) is 75.9 Å². The fraction of sp³-hybridized carbons (Fsp3) is 0.448. The van der Waals surface area contributed by atoms with E-state index in [2.05, 4.69) is 14.9 Å². The van der Waals surface area contributed by atoms with Crippen molar-refractivity contribution in [2.24, 2.45) is 7.05 Å². The number of aromatic nitrogens is 3. The van der Waals surface area contributed by atoms with E-state index in [0.717, 1.165) is 57.9 Å². The predicted molar refractivity (Wildman–Crippen MR) is 142 cm³/mol. The summed E-state index contributed by atoms with van der Waals surface area (Å²) >= 11 is 0. The van der Waals surface area contributed by atoms with Crippen molar-refractivity contribution in [2.75, 3.05) is 19.7 Å². The van der Waals surface area contributed by atoms with Crippen LogP contribution in [-0.4, -0.2) is 62.3 Å². The quantitative estimate of drug-likeness (QED) is 0.568. The first-order valence-corrected chi connectivity index (χ1v) is 13.2. The molecule has 1 fully saturated rings. The van der Waals surface area contributed by atoms with E-state index in [1.54, 1.807) is 4.90 Å². The summed E-state index contributed by atoms with van der Waals surface area (Å²) < 4.78 is 13.2. The van der Waals surface area contributed by atoms with Gasteiger partial charge in [0.2, 0.25) is 0 Å². The van der Waals surface area contributed by atoms with Crippen molar-refractivity contribution in [3.63, 3.8) is 0 Å². The number of rotatable bonds is 3. The zero-order valence-corrected chi connectivity index (χ0v) is 22.6. The highest BCUT2D eigenvalue weighted by atomic mass is 16.6. The van der Waals surface area contributed by atoms with Gasteiger partial charge in [-0.3, -0.25) is 4.79 Å². The Morgan fingerprint density at radius 2 is 1.89 bits per heavy atom. The fourth-order valence-electron chi connectivity index (χ4n) is 5.88. The molecular weight excluding hydrogens is 482 g/mol. The molecule has 2 aliphatic heterocycles. The first kappa shape index (κ1) is 24.5. The molecular formula is C29H33N5O4. The topological polar surface area (TPSA) is 98.6 Å². The van der Waals surface area contributed by atoms with E-state index >= 15 is 0 Å². The summed E-state index contributed by atoms with van der Waals surface area (Å²) in [5, 5.41) is 3.23. The lowest BCUT2D eigenvalue weighted by Crippen LogP contribution is -2.74. The van der Waals surface area contributed by atoms with E-state index in [1.807, 2.05) is 65.2 Å². The summed E-state index contributed by atoms with van der Waals surface area (Å²) in [6.45, 7) is 9.00. The van der Waals surface area contributed by atoms with Gasteiger partial charge in [0.25, 0.3) is 5.91 Å². The molecule has 1 spiro atoms. The lowest BCUT2D eigenvalue weighted by Gasteiger charge is -2.51. The third kappa shape index (κ3) is 4.01. The van der Waals surface area contributed by atoms with Crippen molar-refractivity contribution < 1.29 is 19.1 Å². The Hall–Kier alpha value is -3.88. The van der Waals surface area contributed by atoms with Gasteiger partial charge in [0.1, 0.15) is 11.4 Å². The second-order valence-corrected chi connectivity index (χ2v) is 11.5. The number of hydrogen-bond donors (Lipinski definition) is 1. The molecule has 3 aliphatic rings. The second-order valence-electron chi connectivity index (χ2n) is 11.5. The molecule has 1 aromatic carbocycles. The van der Waals surface area contributed by atoms with Crippen LogP contribution in [0.3, 0.4) is 0 Å². The summed E-state index contributed by atoms with van der Waals surface area (Å²) in [4.78, 5) is 37.3. The summed E-state index contributed by atoms with van der Waals surface area (Å²) in [5.41, 5.74) is 5.64. The molecule has 1 N–H and O–H groups in total. The van der Waals surface area contributed by atoms with Crippen molar-refractivity contribution >= 4 is 12.0 Å². The highest BCUT2D eigenvalue weighted by Gasteiger charge is 2.52. The van der Waals surface area contributed by atoms with Crippen LogP contribution in [0.25, 0.3) is 22.8 Å². The number of carbonyl (C=O) groups is 2. The third-order valence-electron chi connectivity index (χ3n) is 7.52. The normalized spacial score (nSPS) is 17.2. The molecule has 2 amide bonds. The van der Waals surface area contributed by atoms with Gasteiger partial charge in [0.05, 0.1) is 29.1 Å². The van der Waals surface area contributed by atoms with Crippen LogP contribution in [0.1, 0.15) is 54.9 Å². The molecule has 6 rings (SSSR count). The average Bonchev–Trinajstić information content (AvgIpc) is 3.14.